The Kier molecular flexibility index (Phi) is 7.68. The molecule has 2 aliphatic heterocycles. The van der Waals surface area contributed by atoms with Crippen LogP contribution in [-0.2, 0) is 36.8 Å². The molecule has 5 aliphatic rings. The molecule has 2 saturated carbocycles. The molecule has 1 aromatic carbocycles. The van der Waals surface area contributed by atoms with Crippen LogP contribution in [0.5, 0.6) is 0 Å². The number of hydrogen-bond acceptors (Lipinski definition) is 11. The van der Waals surface area contributed by atoms with E-state index in [-0.39, 0.29) is 30.8 Å². The lowest BCUT2D eigenvalue weighted by molar-refractivity contribution is -0.344. The molecule has 0 aromatic heterocycles. The molecule has 2 heterocycles. The molecule has 46 heavy (non-hydrogen) atoms. The van der Waals surface area contributed by atoms with Gasteiger partial charge in [0.15, 0.2) is 5.60 Å². The number of carbonyl (C=O) groups excluding carboxylic acids is 3. The number of fused-ring (bicyclic) bond motifs is 5. The summed E-state index contributed by atoms with van der Waals surface area (Å²) in [7, 11) is -6.15. The van der Waals surface area contributed by atoms with E-state index in [4.69, 9.17) is 27.2 Å². The monoisotopic (exact) mass is 674 g/mol. The number of aliphatic hydroxyl groups is 2. The van der Waals surface area contributed by atoms with Crippen LogP contribution in [0.15, 0.2) is 41.7 Å². The van der Waals surface area contributed by atoms with Crippen molar-refractivity contribution in [3.05, 3.63) is 47.2 Å². The molecule has 6 rings (SSSR count). The number of carbonyl (C=O) groups is 3. The van der Waals surface area contributed by atoms with Gasteiger partial charge in [0.25, 0.3) is 0 Å². The van der Waals surface area contributed by atoms with E-state index in [0.29, 0.717) is 5.57 Å². The third-order valence-corrected chi connectivity index (χ3v) is 16.7. The number of hydrogen-bond donors (Lipinski definition) is 2. The SMILES string of the molecule is CC(=O)O[C@@]12CO[C@@H]1C[C@@H]1O[Si](C)(C)O[Si](C)(C)OC3=C4C(C)[C@@H](O)C[C@@](O)([C@@H](OC(=O)c5ccccc5)[C@H]2[C@]1(C)C3=O)C4(C)C. The van der Waals surface area contributed by atoms with Crippen LogP contribution in [0.25, 0.3) is 0 Å². The standard InChI is InChI=1S/C33H46O11Si2/c1-18-21(35)16-33(38)28(40-29(37)20-13-11-10-12-14-20)26-31(5)22(15-23-32(26,17-39-23)41-19(2)34)42-45(6,7)44-46(8,9)43-25(27(31)36)24(18)30(33,3)4/h10-14,18,21-23,26,28,35,38H,15-17H2,1-9H3/t18?,21-,22-,23+,26-,28-,31+,32-,33+/m0/s1. The van der Waals surface area contributed by atoms with Gasteiger partial charge in [-0.1, -0.05) is 39.0 Å². The summed E-state index contributed by atoms with van der Waals surface area (Å²) in [5.41, 5.74) is -5.61. The van der Waals surface area contributed by atoms with Gasteiger partial charge < -0.3 is 37.4 Å². The second kappa shape index (κ2) is 10.6. The Balaban J connectivity index is 1.72. The average molecular weight is 675 g/mol. The van der Waals surface area contributed by atoms with Gasteiger partial charge in [0, 0.05) is 31.1 Å². The predicted octanol–water partition coefficient (Wildman–Crippen LogP) is 3.77. The van der Waals surface area contributed by atoms with E-state index >= 15 is 4.79 Å². The Labute approximate surface area is 272 Å². The lowest BCUT2D eigenvalue weighted by Crippen LogP contribution is -2.81. The zero-order valence-corrected chi connectivity index (χ0v) is 30.0. The van der Waals surface area contributed by atoms with Crippen LogP contribution < -0.4 is 0 Å². The quantitative estimate of drug-likeness (QED) is 0.357. The van der Waals surface area contributed by atoms with Gasteiger partial charge in [0.05, 0.1) is 35.7 Å². The van der Waals surface area contributed by atoms with Crippen molar-refractivity contribution in [2.24, 2.45) is 22.7 Å². The fourth-order valence-corrected chi connectivity index (χ4v) is 15.9. The summed E-state index contributed by atoms with van der Waals surface area (Å²) >= 11 is 0. The molecule has 1 unspecified atom stereocenters. The number of ether oxygens (including phenoxy) is 3. The van der Waals surface area contributed by atoms with Gasteiger partial charge in [-0.2, -0.15) is 0 Å². The minimum Gasteiger partial charge on any atom is -0.518 e. The van der Waals surface area contributed by atoms with Crippen molar-refractivity contribution in [3.63, 3.8) is 0 Å². The first-order valence-electron chi connectivity index (χ1n) is 16.0. The fourth-order valence-electron chi connectivity index (χ4n) is 9.13. The van der Waals surface area contributed by atoms with Crippen LogP contribution in [0.3, 0.4) is 0 Å². The van der Waals surface area contributed by atoms with Gasteiger partial charge in [-0.3, -0.25) is 9.59 Å². The molecular weight excluding hydrogens is 629 g/mol. The molecule has 2 saturated heterocycles. The van der Waals surface area contributed by atoms with Crippen LogP contribution in [-0.4, -0.2) is 87.3 Å². The van der Waals surface area contributed by atoms with E-state index in [1.54, 1.807) is 51.1 Å². The van der Waals surface area contributed by atoms with Gasteiger partial charge in [0.1, 0.15) is 23.6 Å². The van der Waals surface area contributed by atoms with Crippen molar-refractivity contribution in [1.82, 2.24) is 0 Å². The smallest absolute Gasteiger partial charge is 0.383 e. The molecule has 11 nitrogen and oxygen atoms in total. The van der Waals surface area contributed by atoms with Crippen molar-refractivity contribution in [2.75, 3.05) is 6.61 Å². The first kappa shape index (κ1) is 33.5. The van der Waals surface area contributed by atoms with Gasteiger partial charge in [0.2, 0.25) is 5.78 Å². The number of esters is 2. The zero-order valence-electron chi connectivity index (χ0n) is 28.0. The summed E-state index contributed by atoms with van der Waals surface area (Å²) < 4.78 is 38.9. The maximum Gasteiger partial charge on any atom is 0.383 e. The molecule has 1 aromatic rings. The highest BCUT2D eigenvalue weighted by Gasteiger charge is 2.78. The summed E-state index contributed by atoms with van der Waals surface area (Å²) in [6.07, 6.45) is -4.15. The largest absolute Gasteiger partial charge is 0.518 e. The van der Waals surface area contributed by atoms with Gasteiger partial charge in [-0.25, -0.2) is 4.79 Å². The summed E-state index contributed by atoms with van der Waals surface area (Å²) in [6.45, 7) is 15.8. The lowest BCUT2D eigenvalue weighted by atomic mass is 9.45. The molecule has 252 valence electrons. The van der Waals surface area contributed by atoms with Crippen molar-refractivity contribution < 1.29 is 51.8 Å². The van der Waals surface area contributed by atoms with Crippen molar-refractivity contribution >= 4 is 34.8 Å². The summed E-state index contributed by atoms with van der Waals surface area (Å²) in [4.78, 5) is 42.4. The van der Waals surface area contributed by atoms with E-state index in [0.717, 1.165) is 0 Å². The van der Waals surface area contributed by atoms with E-state index in [1.807, 2.05) is 33.1 Å². The normalized spacial score (nSPS) is 41.9. The second-order valence-electron chi connectivity index (χ2n) is 15.3. The highest BCUT2D eigenvalue weighted by Crippen LogP contribution is 2.65. The lowest BCUT2D eigenvalue weighted by Gasteiger charge is -2.67. The molecule has 4 bridgehead atoms. The molecule has 0 spiro atoms. The average Bonchev–Trinajstić information content (AvgIpc) is 2.95. The molecule has 0 radical (unpaired) electrons. The van der Waals surface area contributed by atoms with Gasteiger partial charge in [-0.05, 0) is 50.8 Å². The van der Waals surface area contributed by atoms with E-state index in [9.17, 15) is 19.8 Å². The third kappa shape index (κ3) is 4.72. The number of allylic oxidation sites excluding steroid dienone is 1. The molecule has 3 aliphatic carbocycles. The maximum atomic E-state index is 15.5. The van der Waals surface area contributed by atoms with Crippen molar-refractivity contribution in [1.29, 1.82) is 0 Å². The Hall–Kier alpha value is -2.40. The summed E-state index contributed by atoms with van der Waals surface area (Å²) in [5, 5.41) is 24.8. The number of ketones is 1. The van der Waals surface area contributed by atoms with Crippen molar-refractivity contribution in [2.45, 2.75) is 109 Å². The summed E-state index contributed by atoms with van der Waals surface area (Å²) in [6, 6.07) is 8.37. The highest BCUT2D eigenvalue weighted by atomic mass is 28.5. The topological polar surface area (TPSA) is 147 Å². The molecule has 0 amide bonds. The Morgan fingerprint density at radius 1 is 1.02 bits per heavy atom. The molecule has 13 heteroatoms. The first-order valence-corrected chi connectivity index (χ1v) is 21.7. The van der Waals surface area contributed by atoms with E-state index in [1.165, 1.54) is 6.92 Å². The molecule has 2 N–H and O–H groups in total. The fraction of sp³-hybridized carbons (Fsp3) is 0.667. The number of benzene rings is 1. The summed E-state index contributed by atoms with van der Waals surface area (Å²) in [5.74, 6) is -3.50. The molecule has 4 fully saturated rings. The number of rotatable bonds is 3. The van der Waals surface area contributed by atoms with Crippen molar-refractivity contribution in [3.8, 4) is 0 Å². The maximum absolute atomic E-state index is 15.5. The van der Waals surface area contributed by atoms with E-state index < -0.39 is 93.1 Å². The van der Waals surface area contributed by atoms with Crippen LogP contribution in [0.1, 0.15) is 57.8 Å². The molecular formula is C33H46O11Si2. The Morgan fingerprint density at radius 3 is 2.26 bits per heavy atom. The number of aliphatic hydroxyl groups excluding tert-OH is 1. The first-order chi connectivity index (χ1) is 21.2. The van der Waals surface area contributed by atoms with Crippen LogP contribution in [0, 0.1) is 22.7 Å². The minimum atomic E-state index is -3.13. The predicted molar refractivity (Wildman–Crippen MR) is 169 cm³/mol. The Bertz CT molecular complexity index is 1490. The van der Waals surface area contributed by atoms with Gasteiger partial charge >= 0.3 is 29.1 Å². The van der Waals surface area contributed by atoms with E-state index in [2.05, 4.69) is 0 Å². The third-order valence-electron chi connectivity index (χ3n) is 11.2. The minimum absolute atomic E-state index is 0.0312. The van der Waals surface area contributed by atoms with Crippen LogP contribution in [0.4, 0.5) is 0 Å². The highest BCUT2D eigenvalue weighted by molar-refractivity contribution is 6.79. The van der Waals surface area contributed by atoms with Gasteiger partial charge in [-0.15, -0.1) is 0 Å². The Morgan fingerprint density at radius 2 is 1.67 bits per heavy atom. The number of Topliss-reactive ketones (excluding diaryl/α,β-unsaturated/α-hetero) is 1. The van der Waals surface area contributed by atoms with Crippen LogP contribution in [0.2, 0.25) is 26.2 Å². The second-order valence-corrected chi connectivity index (χ2v) is 22.2. The zero-order chi connectivity index (χ0) is 33.8. The molecule has 9 atom stereocenters. The van der Waals surface area contributed by atoms with Crippen LogP contribution >= 0.6 is 0 Å².